The van der Waals surface area contributed by atoms with Crippen LogP contribution in [0.5, 0.6) is 0 Å². The Morgan fingerprint density at radius 3 is 2.95 bits per heavy atom. The lowest BCUT2D eigenvalue weighted by atomic mass is 10.1. The summed E-state index contributed by atoms with van der Waals surface area (Å²) >= 11 is 0. The fraction of sp³-hybridized carbons (Fsp3) is 0.286. The van der Waals surface area contributed by atoms with Gasteiger partial charge in [0.2, 0.25) is 0 Å². The van der Waals surface area contributed by atoms with Gasteiger partial charge >= 0.3 is 5.97 Å². The van der Waals surface area contributed by atoms with Crippen molar-refractivity contribution in [3.63, 3.8) is 0 Å². The molecular weight excluding hydrogens is 256 g/mol. The molecule has 6 nitrogen and oxygen atoms in total. The lowest BCUT2D eigenvalue weighted by Gasteiger charge is -2.09. The highest BCUT2D eigenvalue weighted by Gasteiger charge is 2.14. The standard InChI is InChI=1S/C14H14N4O2/c1-20-14(19)9-12(17-18-15)8-11-7-6-10-4-2-3-5-13(10)16-11/h2-7,12H,8-9H2,1H3/t12-/m1/s1. The largest absolute Gasteiger partial charge is 0.469 e. The van der Waals surface area contributed by atoms with Crippen molar-refractivity contribution < 1.29 is 9.53 Å². The number of rotatable bonds is 5. The molecule has 0 saturated heterocycles. The zero-order valence-corrected chi connectivity index (χ0v) is 11.1. The van der Waals surface area contributed by atoms with Crippen LogP contribution in [0.2, 0.25) is 0 Å². The number of nitrogens with zero attached hydrogens (tertiary/aromatic N) is 4. The maximum atomic E-state index is 11.3. The molecule has 20 heavy (non-hydrogen) atoms. The summed E-state index contributed by atoms with van der Waals surface area (Å²) in [6.07, 6.45) is 0.457. The quantitative estimate of drug-likeness (QED) is 0.362. The Bertz CT molecular complexity index is 665. The van der Waals surface area contributed by atoms with E-state index in [1.165, 1.54) is 7.11 Å². The Hall–Kier alpha value is -2.59. The second-order valence-corrected chi connectivity index (χ2v) is 4.34. The molecule has 0 spiro atoms. The molecule has 0 amide bonds. The Labute approximate surface area is 116 Å². The van der Waals surface area contributed by atoms with Gasteiger partial charge in [0.15, 0.2) is 0 Å². The maximum absolute atomic E-state index is 11.3. The average molecular weight is 270 g/mol. The molecule has 0 fully saturated rings. The number of para-hydroxylation sites is 1. The molecule has 0 N–H and O–H groups in total. The third-order valence-electron chi connectivity index (χ3n) is 2.95. The molecule has 0 aliphatic rings. The summed E-state index contributed by atoms with van der Waals surface area (Å²) < 4.78 is 4.59. The molecule has 2 aromatic rings. The van der Waals surface area contributed by atoms with Gasteiger partial charge in [0.05, 0.1) is 25.1 Å². The zero-order valence-electron chi connectivity index (χ0n) is 11.1. The molecule has 1 atom stereocenters. The van der Waals surface area contributed by atoms with E-state index >= 15 is 0 Å². The Morgan fingerprint density at radius 1 is 1.40 bits per heavy atom. The van der Waals surface area contributed by atoms with E-state index in [0.717, 1.165) is 16.6 Å². The smallest absolute Gasteiger partial charge is 0.305 e. The van der Waals surface area contributed by atoms with E-state index in [2.05, 4.69) is 19.7 Å². The number of carbonyl (C=O) groups excluding carboxylic acids is 1. The van der Waals surface area contributed by atoms with Crippen LogP contribution in [0.3, 0.4) is 0 Å². The number of hydrogen-bond acceptors (Lipinski definition) is 4. The first-order valence-corrected chi connectivity index (χ1v) is 6.18. The van der Waals surface area contributed by atoms with E-state index in [0.29, 0.717) is 6.42 Å². The van der Waals surface area contributed by atoms with Crippen molar-refractivity contribution in [2.75, 3.05) is 7.11 Å². The third kappa shape index (κ3) is 3.46. The van der Waals surface area contributed by atoms with Crippen LogP contribution in [-0.2, 0) is 16.0 Å². The Balaban J connectivity index is 2.19. The monoisotopic (exact) mass is 270 g/mol. The number of aromatic nitrogens is 1. The number of fused-ring (bicyclic) bond motifs is 1. The number of pyridine rings is 1. The van der Waals surface area contributed by atoms with Gasteiger partial charge in [-0.15, -0.1) is 0 Å². The van der Waals surface area contributed by atoms with Gasteiger partial charge in [0.25, 0.3) is 0 Å². The minimum absolute atomic E-state index is 0.0507. The van der Waals surface area contributed by atoms with E-state index in [1.54, 1.807) is 0 Å². The number of azide groups is 1. The van der Waals surface area contributed by atoms with Gasteiger partial charge < -0.3 is 4.74 Å². The second-order valence-electron chi connectivity index (χ2n) is 4.34. The van der Waals surface area contributed by atoms with Gasteiger partial charge in [-0.25, -0.2) is 0 Å². The molecule has 102 valence electrons. The van der Waals surface area contributed by atoms with Crippen LogP contribution in [0.25, 0.3) is 21.3 Å². The van der Waals surface area contributed by atoms with Gasteiger partial charge in [0, 0.05) is 16.0 Å². The van der Waals surface area contributed by atoms with Crippen molar-refractivity contribution >= 4 is 16.9 Å². The molecule has 0 radical (unpaired) electrons. The predicted molar refractivity (Wildman–Crippen MR) is 75.0 cm³/mol. The second kappa shape index (κ2) is 6.54. The molecule has 0 aliphatic carbocycles. The van der Waals surface area contributed by atoms with E-state index in [1.807, 2.05) is 36.4 Å². The number of hydrogen-bond donors (Lipinski definition) is 0. The summed E-state index contributed by atoms with van der Waals surface area (Å²) in [5, 5.41) is 4.67. The predicted octanol–water partition coefficient (Wildman–Crippen LogP) is 3.02. The fourth-order valence-corrected chi connectivity index (χ4v) is 1.97. The van der Waals surface area contributed by atoms with Crippen molar-refractivity contribution in [2.45, 2.75) is 18.9 Å². The number of benzene rings is 1. The van der Waals surface area contributed by atoms with E-state index < -0.39 is 12.0 Å². The SMILES string of the molecule is COC(=O)C[C@@H](Cc1ccc2ccccc2n1)N=[N+]=[N-]. The van der Waals surface area contributed by atoms with Gasteiger partial charge in [-0.05, 0) is 24.1 Å². The van der Waals surface area contributed by atoms with E-state index in [9.17, 15) is 4.79 Å². The average Bonchev–Trinajstić information content (AvgIpc) is 2.47. The normalized spacial score (nSPS) is 11.7. The van der Waals surface area contributed by atoms with Crippen LogP contribution < -0.4 is 0 Å². The van der Waals surface area contributed by atoms with Crippen LogP contribution >= 0.6 is 0 Å². The first-order valence-electron chi connectivity index (χ1n) is 6.18. The van der Waals surface area contributed by atoms with E-state index in [4.69, 9.17) is 5.53 Å². The van der Waals surface area contributed by atoms with Crippen LogP contribution in [0.15, 0.2) is 41.5 Å². The number of methoxy groups -OCH3 is 1. The van der Waals surface area contributed by atoms with Crippen LogP contribution in [0, 0.1) is 0 Å². The number of carbonyl (C=O) groups is 1. The van der Waals surface area contributed by atoms with Crippen molar-refractivity contribution in [1.29, 1.82) is 0 Å². The molecular formula is C14H14N4O2. The molecule has 0 aliphatic heterocycles. The summed E-state index contributed by atoms with van der Waals surface area (Å²) in [6.45, 7) is 0. The van der Waals surface area contributed by atoms with Gasteiger partial charge in [-0.1, -0.05) is 29.4 Å². The minimum atomic E-state index is -0.485. The lowest BCUT2D eigenvalue weighted by Crippen LogP contribution is -2.15. The molecule has 1 aromatic heterocycles. The number of esters is 1. The van der Waals surface area contributed by atoms with E-state index in [-0.39, 0.29) is 6.42 Å². The molecule has 1 aromatic carbocycles. The molecule has 6 heteroatoms. The maximum Gasteiger partial charge on any atom is 0.305 e. The summed E-state index contributed by atoms with van der Waals surface area (Å²) in [4.78, 5) is 18.5. The van der Waals surface area contributed by atoms with Crippen molar-refractivity contribution in [1.82, 2.24) is 4.98 Å². The fourth-order valence-electron chi connectivity index (χ4n) is 1.97. The summed E-state index contributed by atoms with van der Waals surface area (Å²) in [7, 11) is 1.31. The Morgan fingerprint density at radius 2 is 2.20 bits per heavy atom. The molecule has 0 unspecified atom stereocenters. The first kappa shape index (κ1) is 13.8. The summed E-state index contributed by atoms with van der Waals surface area (Å²) in [6, 6.07) is 11.1. The third-order valence-corrected chi connectivity index (χ3v) is 2.95. The van der Waals surface area contributed by atoms with Crippen molar-refractivity contribution in [3.8, 4) is 0 Å². The molecule has 1 heterocycles. The molecule has 0 saturated carbocycles. The Kier molecular flexibility index (Phi) is 4.52. The number of ether oxygens (including phenoxy) is 1. The highest BCUT2D eigenvalue weighted by molar-refractivity contribution is 5.78. The highest BCUT2D eigenvalue weighted by Crippen LogP contribution is 2.15. The highest BCUT2D eigenvalue weighted by atomic mass is 16.5. The first-order chi connectivity index (χ1) is 9.72. The summed E-state index contributed by atoms with van der Waals surface area (Å²) in [5.41, 5.74) is 10.2. The lowest BCUT2D eigenvalue weighted by molar-refractivity contribution is -0.140. The summed E-state index contributed by atoms with van der Waals surface area (Å²) in [5.74, 6) is -0.400. The zero-order chi connectivity index (χ0) is 14.4. The van der Waals surface area contributed by atoms with Gasteiger partial charge in [-0.2, -0.15) is 0 Å². The van der Waals surface area contributed by atoms with Crippen LogP contribution in [-0.4, -0.2) is 24.1 Å². The van der Waals surface area contributed by atoms with Crippen molar-refractivity contribution in [3.05, 3.63) is 52.5 Å². The minimum Gasteiger partial charge on any atom is -0.469 e. The van der Waals surface area contributed by atoms with Gasteiger partial charge in [-0.3, -0.25) is 9.78 Å². The van der Waals surface area contributed by atoms with Crippen LogP contribution in [0.4, 0.5) is 0 Å². The van der Waals surface area contributed by atoms with Crippen LogP contribution in [0.1, 0.15) is 12.1 Å². The van der Waals surface area contributed by atoms with Crippen molar-refractivity contribution in [2.24, 2.45) is 5.11 Å². The molecule has 2 rings (SSSR count). The molecule has 0 bridgehead atoms. The topological polar surface area (TPSA) is 88.0 Å². The van der Waals surface area contributed by atoms with Gasteiger partial charge in [0.1, 0.15) is 0 Å².